The number of allylic oxidation sites excluding steroid dienone is 1. The molecule has 0 bridgehead atoms. The molecule has 0 unspecified atom stereocenters. The molecule has 0 N–H and O–H groups in total. The van der Waals surface area contributed by atoms with E-state index in [2.05, 4.69) is 55.0 Å². The molecule has 0 aliphatic heterocycles. The SMILES string of the molecule is C=C1CC[C@]2(C)CC[C@]3(C)[C@H](CC[C@@H]4[C@@]5(C)CCC(=O)C(C)(C)[C@@H]5CC[C@]43C)[C@H]2[C@@H]1C. The summed E-state index contributed by atoms with van der Waals surface area (Å²) in [5.41, 5.74) is 3.10. The van der Waals surface area contributed by atoms with Gasteiger partial charge in [0.15, 0.2) is 0 Å². The molecule has 174 valence electrons. The van der Waals surface area contributed by atoms with Gasteiger partial charge in [-0.1, -0.05) is 60.6 Å². The molecule has 0 amide bonds. The number of ketones is 1. The Morgan fingerprint density at radius 1 is 0.774 bits per heavy atom. The van der Waals surface area contributed by atoms with Gasteiger partial charge in [-0.25, -0.2) is 0 Å². The summed E-state index contributed by atoms with van der Waals surface area (Å²) >= 11 is 0. The predicted molar refractivity (Wildman–Crippen MR) is 130 cm³/mol. The summed E-state index contributed by atoms with van der Waals surface area (Å²) in [5.74, 6) is 4.22. The van der Waals surface area contributed by atoms with Crippen molar-refractivity contribution >= 4 is 5.78 Å². The highest BCUT2D eigenvalue weighted by molar-refractivity contribution is 5.85. The van der Waals surface area contributed by atoms with Crippen LogP contribution in [0.15, 0.2) is 12.2 Å². The minimum absolute atomic E-state index is 0.132. The van der Waals surface area contributed by atoms with Crippen molar-refractivity contribution in [3.8, 4) is 0 Å². The number of Topliss-reactive ketones (excluding diaryl/α,β-unsaturated/α-hetero) is 1. The lowest BCUT2D eigenvalue weighted by Gasteiger charge is -2.73. The van der Waals surface area contributed by atoms with Gasteiger partial charge < -0.3 is 0 Å². The van der Waals surface area contributed by atoms with Crippen LogP contribution in [0.3, 0.4) is 0 Å². The summed E-state index contributed by atoms with van der Waals surface area (Å²) in [7, 11) is 0. The fraction of sp³-hybridized carbons (Fsp3) is 0.900. The van der Waals surface area contributed by atoms with Crippen molar-refractivity contribution in [3.63, 3.8) is 0 Å². The highest BCUT2D eigenvalue weighted by atomic mass is 16.1. The van der Waals surface area contributed by atoms with E-state index in [-0.39, 0.29) is 5.41 Å². The normalized spacial score (nSPS) is 56.2. The van der Waals surface area contributed by atoms with Crippen LogP contribution in [-0.4, -0.2) is 5.78 Å². The van der Waals surface area contributed by atoms with Crippen molar-refractivity contribution in [1.82, 2.24) is 0 Å². The predicted octanol–water partition coefficient (Wildman–Crippen LogP) is 8.23. The van der Waals surface area contributed by atoms with E-state index in [1.54, 1.807) is 0 Å². The molecule has 0 aromatic heterocycles. The lowest BCUT2D eigenvalue weighted by atomic mass is 9.31. The van der Waals surface area contributed by atoms with Crippen molar-refractivity contribution in [2.45, 2.75) is 113 Å². The molecule has 5 aliphatic carbocycles. The lowest BCUT2D eigenvalue weighted by Crippen LogP contribution is -2.66. The first-order chi connectivity index (χ1) is 14.3. The highest BCUT2D eigenvalue weighted by Crippen LogP contribution is 2.76. The van der Waals surface area contributed by atoms with Gasteiger partial charge in [-0.15, -0.1) is 0 Å². The van der Waals surface area contributed by atoms with E-state index in [4.69, 9.17) is 0 Å². The van der Waals surface area contributed by atoms with Gasteiger partial charge in [-0.2, -0.15) is 0 Å². The van der Waals surface area contributed by atoms with Crippen LogP contribution in [0.2, 0.25) is 0 Å². The van der Waals surface area contributed by atoms with Gasteiger partial charge in [0.2, 0.25) is 0 Å². The zero-order chi connectivity index (χ0) is 22.6. The molecule has 0 radical (unpaired) electrons. The monoisotopic (exact) mass is 424 g/mol. The summed E-state index contributed by atoms with van der Waals surface area (Å²) in [5, 5.41) is 0. The van der Waals surface area contributed by atoms with Gasteiger partial charge in [0.1, 0.15) is 5.78 Å². The van der Waals surface area contributed by atoms with Crippen molar-refractivity contribution < 1.29 is 4.79 Å². The van der Waals surface area contributed by atoms with E-state index in [1.807, 2.05) is 0 Å². The summed E-state index contributed by atoms with van der Waals surface area (Å²) in [4.78, 5) is 12.9. The van der Waals surface area contributed by atoms with Crippen LogP contribution in [-0.2, 0) is 4.79 Å². The van der Waals surface area contributed by atoms with Crippen LogP contribution in [0.25, 0.3) is 0 Å². The Labute approximate surface area is 192 Å². The molecule has 5 aliphatic rings. The second-order valence-electron chi connectivity index (χ2n) is 14.4. The molecule has 0 aromatic rings. The second-order valence-corrected chi connectivity index (χ2v) is 14.4. The number of fused-ring (bicyclic) bond motifs is 7. The van der Waals surface area contributed by atoms with E-state index in [1.165, 1.54) is 56.9 Å². The Morgan fingerprint density at radius 3 is 2.19 bits per heavy atom. The molecule has 5 saturated carbocycles. The third-order valence-electron chi connectivity index (χ3n) is 13.3. The van der Waals surface area contributed by atoms with Gasteiger partial charge in [-0.05, 0) is 109 Å². The van der Waals surface area contributed by atoms with Gasteiger partial charge in [0.05, 0.1) is 0 Å². The van der Waals surface area contributed by atoms with E-state index in [0.29, 0.717) is 39.3 Å². The first-order valence-corrected chi connectivity index (χ1v) is 13.5. The fourth-order valence-electron chi connectivity index (χ4n) is 11.2. The van der Waals surface area contributed by atoms with Crippen LogP contribution in [0.5, 0.6) is 0 Å². The van der Waals surface area contributed by atoms with Crippen LogP contribution in [0, 0.1) is 56.7 Å². The molecule has 1 nitrogen and oxygen atoms in total. The molecule has 5 rings (SSSR count). The highest BCUT2D eigenvalue weighted by Gasteiger charge is 2.69. The zero-order valence-electron chi connectivity index (χ0n) is 21.6. The average Bonchev–Trinajstić information content (AvgIpc) is 2.69. The van der Waals surface area contributed by atoms with E-state index >= 15 is 0 Å². The van der Waals surface area contributed by atoms with Crippen LogP contribution in [0.4, 0.5) is 0 Å². The molecular weight excluding hydrogens is 376 g/mol. The second kappa shape index (κ2) is 6.50. The molecule has 31 heavy (non-hydrogen) atoms. The fourth-order valence-corrected chi connectivity index (χ4v) is 11.2. The molecular formula is C30H48O. The first-order valence-electron chi connectivity index (χ1n) is 13.5. The van der Waals surface area contributed by atoms with Gasteiger partial charge >= 0.3 is 0 Å². The largest absolute Gasteiger partial charge is 0.299 e. The first kappa shape index (κ1) is 22.2. The van der Waals surface area contributed by atoms with E-state index in [0.717, 1.165) is 30.6 Å². The molecule has 1 heteroatoms. The summed E-state index contributed by atoms with van der Waals surface area (Å²) in [6.45, 7) is 22.3. The van der Waals surface area contributed by atoms with Crippen LogP contribution in [0.1, 0.15) is 113 Å². The molecule has 0 saturated heterocycles. The van der Waals surface area contributed by atoms with E-state index in [9.17, 15) is 4.79 Å². The van der Waals surface area contributed by atoms with Gasteiger partial charge in [0.25, 0.3) is 0 Å². The third kappa shape index (κ3) is 2.59. The van der Waals surface area contributed by atoms with E-state index < -0.39 is 0 Å². The molecule has 0 aromatic carbocycles. The Hall–Kier alpha value is -0.590. The zero-order valence-corrected chi connectivity index (χ0v) is 21.6. The quantitative estimate of drug-likeness (QED) is 0.358. The van der Waals surface area contributed by atoms with Crippen molar-refractivity contribution in [1.29, 1.82) is 0 Å². The Kier molecular flexibility index (Phi) is 4.66. The standard InChI is InChI=1S/C30H48O/c1-19-11-14-27(5)17-18-29(7)21(25(27)20(19)2)9-10-23-28(6)15-13-24(31)26(3,4)22(28)12-16-30(23,29)8/h20-23,25H,1,9-18H2,2-8H3/t20-,21-,22+,23-,25-,27-,28+,29-,30-/m1/s1. The molecule has 0 heterocycles. The number of carbonyl (C=O) groups excluding carboxylic acids is 1. The van der Waals surface area contributed by atoms with Crippen LogP contribution >= 0.6 is 0 Å². The summed E-state index contributed by atoms with van der Waals surface area (Å²) in [6, 6.07) is 0. The average molecular weight is 425 g/mol. The smallest absolute Gasteiger partial charge is 0.138 e. The van der Waals surface area contributed by atoms with Crippen LogP contribution < -0.4 is 0 Å². The molecule has 9 atom stereocenters. The van der Waals surface area contributed by atoms with Crippen molar-refractivity contribution in [2.75, 3.05) is 0 Å². The molecule has 5 fully saturated rings. The Bertz CT molecular complexity index is 807. The van der Waals surface area contributed by atoms with Crippen molar-refractivity contribution in [3.05, 3.63) is 12.2 Å². The Morgan fingerprint density at radius 2 is 1.48 bits per heavy atom. The van der Waals surface area contributed by atoms with Gasteiger partial charge in [-0.3, -0.25) is 4.79 Å². The lowest BCUT2D eigenvalue weighted by molar-refractivity contribution is -0.239. The topological polar surface area (TPSA) is 17.1 Å². The number of carbonyl (C=O) groups is 1. The third-order valence-corrected chi connectivity index (χ3v) is 13.3. The minimum atomic E-state index is -0.132. The number of hydrogen-bond acceptors (Lipinski definition) is 1. The number of hydrogen-bond donors (Lipinski definition) is 0. The summed E-state index contributed by atoms with van der Waals surface area (Å²) < 4.78 is 0. The summed E-state index contributed by atoms with van der Waals surface area (Å²) in [6.07, 6.45) is 12.8. The molecule has 0 spiro atoms. The van der Waals surface area contributed by atoms with Crippen molar-refractivity contribution in [2.24, 2.45) is 56.7 Å². The maximum Gasteiger partial charge on any atom is 0.138 e. The maximum atomic E-state index is 12.9. The minimum Gasteiger partial charge on any atom is -0.299 e. The maximum absolute atomic E-state index is 12.9. The number of rotatable bonds is 0. The Balaban J connectivity index is 1.55. The van der Waals surface area contributed by atoms with Gasteiger partial charge in [0, 0.05) is 11.8 Å².